The molecule has 1 rings (SSSR count). The maximum atomic E-state index is 5.94. The lowest BCUT2D eigenvalue weighted by atomic mass is 10.1. The van der Waals surface area contributed by atoms with E-state index in [1.165, 1.54) is 0 Å². The Morgan fingerprint density at radius 2 is 1.96 bits per heavy atom. The Balaban J connectivity index is 2.67. The molecule has 0 aliphatic carbocycles. The highest BCUT2D eigenvalue weighted by atomic mass is 79.9. The molecule has 7 heteroatoms. The fraction of sp³-hybridized carbons (Fsp3) is 0.500. The highest BCUT2D eigenvalue weighted by Gasteiger charge is 2.11. The molecule has 4 nitrogen and oxygen atoms in total. The second kappa shape index (κ2) is 12.4. The monoisotopic (exact) mass is 451 g/mol. The first kappa shape index (κ1) is 22.1. The molecule has 0 N–H and O–H groups in total. The van der Waals surface area contributed by atoms with Crippen molar-refractivity contribution in [3.8, 4) is 11.5 Å². The van der Waals surface area contributed by atoms with Crippen LogP contribution in [-0.4, -0.2) is 25.5 Å². The van der Waals surface area contributed by atoms with E-state index in [1.807, 2.05) is 26.0 Å². The van der Waals surface area contributed by atoms with Gasteiger partial charge in [-0.05, 0) is 60.0 Å². The van der Waals surface area contributed by atoms with Crippen LogP contribution in [0.25, 0.3) is 0 Å². The van der Waals surface area contributed by atoms with Gasteiger partial charge in [0.05, 0.1) is 16.8 Å². The van der Waals surface area contributed by atoms with Crippen LogP contribution in [0.1, 0.15) is 39.2 Å². The summed E-state index contributed by atoms with van der Waals surface area (Å²) in [4.78, 5) is 5.17. The number of hydrogen-bond donors (Lipinski definition) is 0. The molecule has 1 aromatic rings. The summed E-state index contributed by atoms with van der Waals surface area (Å²) >= 11 is 14.7. The zero-order valence-electron chi connectivity index (χ0n) is 14.8. The summed E-state index contributed by atoms with van der Waals surface area (Å²) in [6.45, 7) is 7.31. The Morgan fingerprint density at radius 1 is 1.20 bits per heavy atom. The molecule has 0 bridgehead atoms. The van der Waals surface area contributed by atoms with Crippen molar-refractivity contribution < 1.29 is 14.3 Å². The van der Waals surface area contributed by atoms with Gasteiger partial charge in [0.2, 0.25) is 0 Å². The van der Waals surface area contributed by atoms with Crippen LogP contribution in [0, 0.1) is 0 Å². The van der Waals surface area contributed by atoms with Crippen LogP contribution < -0.4 is 9.47 Å². The average molecular weight is 453 g/mol. The molecule has 140 valence electrons. The predicted molar refractivity (Wildman–Crippen MR) is 108 cm³/mol. The first-order valence-corrected chi connectivity index (χ1v) is 9.71. The smallest absolute Gasteiger partial charge is 0.136 e. The molecule has 0 amide bonds. The Hall–Kier alpha value is -0.910. The number of rotatable bonds is 11. The summed E-state index contributed by atoms with van der Waals surface area (Å²) in [6.07, 6.45) is 4.26. The minimum atomic E-state index is 0.192. The van der Waals surface area contributed by atoms with Crippen molar-refractivity contribution in [2.75, 3.05) is 19.8 Å². The van der Waals surface area contributed by atoms with Gasteiger partial charge in [-0.3, -0.25) is 0 Å². The van der Waals surface area contributed by atoms with Gasteiger partial charge in [0.25, 0.3) is 0 Å². The minimum Gasteiger partial charge on any atom is -0.492 e. The van der Waals surface area contributed by atoms with E-state index in [0.717, 1.165) is 46.5 Å². The average Bonchev–Trinajstić information content (AvgIpc) is 2.52. The third-order valence-electron chi connectivity index (χ3n) is 2.97. The fourth-order valence-electron chi connectivity index (χ4n) is 2.00. The van der Waals surface area contributed by atoms with Crippen LogP contribution in [0.5, 0.6) is 11.5 Å². The maximum absolute atomic E-state index is 5.94. The van der Waals surface area contributed by atoms with Crippen molar-refractivity contribution in [1.29, 1.82) is 0 Å². The van der Waals surface area contributed by atoms with Crippen molar-refractivity contribution in [2.24, 2.45) is 5.16 Å². The van der Waals surface area contributed by atoms with Gasteiger partial charge in [0, 0.05) is 6.42 Å². The number of hydrogen-bond acceptors (Lipinski definition) is 4. The van der Waals surface area contributed by atoms with E-state index in [9.17, 15) is 0 Å². The van der Waals surface area contributed by atoms with Gasteiger partial charge in [-0.25, -0.2) is 0 Å². The van der Waals surface area contributed by atoms with E-state index in [-0.39, 0.29) is 4.49 Å². The molecular formula is C18H24BrCl2NO3. The maximum Gasteiger partial charge on any atom is 0.136 e. The molecule has 0 atom stereocenters. The summed E-state index contributed by atoms with van der Waals surface area (Å²) in [5, 5.41) is 3.90. The van der Waals surface area contributed by atoms with Crippen molar-refractivity contribution in [3.63, 3.8) is 0 Å². The largest absolute Gasteiger partial charge is 0.492 e. The molecule has 0 aliphatic rings. The van der Waals surface area contributed by atoms with Crippen molar-refractivity contribution >= 4 is 44.8 Å². The molecule has 0 aromatic heterocycles. The quantitative estimate of drug-likeness (QED) is 0.225. The van der Waals surface area contributed by atoms with Gasteiger partial charge in [-0.2, -0.15) is 0 Å². The zero-order chi connectivity index (χ0) is 18.7. The van der Waals surface area contributed by atoms with Crippen LogP contribution in [0.2, 0.25) is 0 Å². The number of nitrogens with zero attached hydrogens (tertiary/aromatic N) is 1. The predicted octanol–water partition coefficient (Wildman–Crippen LogP) is 6.28. The second-order valence-corrected chi connectivity index (χ2v) is 7.38. The third-order valence-corrected chi connectivity index (χ3v) is 3.87. The van der Waals surface area contributed by atoms with Crippen LogP contribution in [0.15, 0.2) is 32.3 Å². The molecule has 0 saturated heterocycles. The lowest BCUT2D eigenvalue weighted by Crippen LogP contribution is -2.05. The van der Waals surface area contributed by atoms with Gasteiger partial charge in [0.15, 0.2) is 0 Å². The van der Waals surface area contributed by atoms with Gasteiger partial charge in [0.1, 0.15) is 29.2 Å². The Bertz CT molecular complexity index is 598. The number of aryl methyl sites for hydroxylation is 1. The molecular weight excluding hydrogens is 429 g/mol. The van der Waals surface area contributed by atoms with Crippen LogP contribution >= 0.6 is 39.1 Å². The number of oxime groups is 1. The molecule has 1 aromatic carbocycles. The van der Waals surface area contributed by atoms with E-state index >= 15 is 0 Å². The zero-order valence-corrected chi connectivity index (χ0v) is 17.9. The van der Waals surface area contributed by atoms with Gasteiger partial charge >= 0.3 is 0 Å². The highest BCUT2D eigenvalue weighted by Crippen LogP contribution is 2.35. The summed E-state index contributed by atoms with van der Waals surface area (Å²) in [5.41, 5.74) is 1.99. The van der Waals surface area contributed by atoms with E-state index in [0.29, 0.717) is 19.8 Å². The molecule has 0 unspecified atom stereocenters. The van der Waals surface area contributed by atoms with E-state index in [1.54, 1.807) is 6.08 Å². The standard InChI is InChI=1S/C18H24BrCl2NO3/c1-4-6-14-11-15(23-10-7-17(20)21)12-16(19)18(14)24-8-5-9-25-22-13(2)3/h7,11-12H,4-6,8-10H2,1-3H3. The van der Waals surface area contributed by atoms with Crippen molar-refractivity contribution in [2.45, 2.75) is 40.0 Å². The van der Waals surface area contributed by atoms with E-state index in [4.69, 9.17) is 37.5 Å². The Morgan fingerprint density at radius 3 is 2.60 bits per heavy atom. The minimum absolute atomic E-state index is 0.192. The molecule has 0 fully saturated rings. The molecule has 25 heavy (non-hydrogen) atoms. The topological polar surface area (TPSA) is 40.0 Å². The van der Waals surface area contributed by atoms with E-state index in [2.05, 4.69) is 28.0 Å². The first-order valence-electron chi connectivity index (χ1n) is 8.16. The summed E-state index contributed by atoms with van der Waals surface area (Å²) in [5.74, 6) is 1.58. The number of ether oxygens (including phenoxy) is 2. The van der Waals surface area contributed by atoms with Gasteiger partial charge < -0.3 is 14.3 Å². The fourth-order valence-corrected chi connectivity index (χ4v) is 2.72. The van der Waals surface area contributed by atoms with Gasteiger partial charge in [-0.15, -0.1) is 0 Å². The van der Waals surface area contributed by atoms with Gasteiger partial charge in [-0.1, -0.05) is 41.7 Å². The lowest BCUT2D eigenvalue weighted by molar-refractivity contribution is 0.127. The molecule has 0 heterocycles. The van der Waals surface area contributed by atoms with Crippen LogP contribution in [-0.2, 0) is 11.3 Å². The Labute approximate surface area is 168 Å². The van der Waals surface area contributed by atoms with Crippen molar-refractivity contribution in [1.82, 2.24) is 0 Å². The Kier molecular flexibility index (Phi) is 11.0. The highest BCUT2D eigenvalue weighted by molar-refractivity contribution is 9.10. The molecule has 0 spiro atoms. The van der Waals surface area contributed by atoms with E-state index < -0.39 is 0 Å². The summed E-state index contributed by atoms with van der Waals surface area (Å²) < 4.78 is 12.6. The van der Waals surface area contributed by atoms with Crippen LogP contribution in [0.3, 0.4) is 0 Å². The van der Waals surface area contributed by atoms with Crippen molar-refractivity contribution in [3.05, 3.63) is 32.7 Å². The SMILES string of the molecule is CCCc1cc(OCC=C(Cl)Cl)cc(Br)c1OCCCON=C(C)C. The number of benzene rings is 1. The summed E-state index contributed by atoms with van der Waals surface area (Å²) in [7, 11) is 0. The number of halogens is 3. The first-order chi connectivity index (χ1) is 11.9. The molecule has 0 saturated carbocycles. The normalized spacial score (nSPS) is 10.2. The van der Waals surface area contributed by atoms with Crippen LogP contribution in [0.4, 0.5) is 0 Å². The molecule has 0 radical (unpaired) electrons. The summed E-state index contributed by atoms with van der Waals surface area (Å²) in [6, 6.07) is 3.87. The third kappa shape index (κ3) is 9.38. The molecule has 0 aliphatic heterocycles. The lowest BCUT2D eigenvalue weighted by Gasteiger charge is -2.15. The second-order valence-electron chi connectivity index (χ2n) is 5.52.